The lowest BCUT2D eigenvalue weighted by Gasteiger charge is -2.15. The average Bonchev–Trinajstić information content (AvgIpc) is 2.89. The molecule has 1 aliphatic heterocycles. The van der Waals surface area contributed by atoms with Crippen LogP contribution >= 0.6 is 11.8 Å². The molecule has 2 unspecified atom stereocenters. The molecule has 1 aromatic carbocycles. The Hall–Kier alpha value is -1.49. The third-order valence-electron chi connectivity index (χ3n) is 3.80. The standard InChI is InChI=1S/C16H21NO3S/c1-12-10-17(11-14(12)16(19)20-2)15(18)8-9-21-13-6-4-3-5-7-13/h3-7,12,14H,8-11H2,1-2H3. The molecule has 1 aromatic rings. The zero-order valence-corrected chi connectivity index (χ0v) is 13.3. The van der Waals surface area contributed by atoms with E-state index in [9.17, 15) is 9.59 Å². The molecular weight excluding hydrogens is 286 g/mol. The topological polar surface area (TPSA) is 46.6 Å². The molecule has 0 spiro atoms. The van der Waals surface area contributed by atoms with Crippen molar-refractivity contribution in [2.75, 3.05) is 26.0 Å². The molecule has 0 aliphatic carbocycles. The predicted molar refractivity (Wildman–Crippen MR) is 83.0 cm³/mol. The van der Waals surface area contributed by atoms with Crippen LogP contribution in [0.1, 0.15) is 13.3 Å². The monoisotopic (exact) mass is 307 g/mol. The Balaban J connectivity index is 1.78. The highest BCUT2D eigenvalue weighted by Gasteiger charge is 2.37. The number of carbonyl (C=O) groups excluding carboxylic acids is 2. The van der Waals surface area contributed by atoms with E-state index in [0.29, 0.717) is 19.5 Å². The zero-order valence-electron chi connectivity index (χ0n) is 12.5. The number of benzene rings is 1. The lowest BCUT2D eigenvalue weighted by atomic mass is 9.99. The first-order valence-corrected chi connectivity index (χ1v) is 8.14. The van der Waals surface area contributed by atoms with Crippen LogP contribution in [0.5, 0.6) is 0 Å². The van der Waals surface area contributed by atoms with Crippen molar-refractivity contribution in [3.05, 3.63) is 30.3 Å². The molecule has 1 amide bonds. The molecule has 0 N–H and O–H groups in total. The van der Waals surface area contributed by atoms with Crippen LogP contribution in [-0.4, -0.2) is 42.7 Å². The summed E-state index contributed by atoms with van der Waals surface area (Å²) in [4.78, 5) is 26.8. The normalized spacial score (nSPS) is 21.3. The lowest BCUT2D eigenvalue weighted by molar-refractivity contribution is -0.146. The first kappa shape index (κ1) is 15.9. The van der Waals surface area contributed by atoms with E-state index < -0.39 is 0 Å². The van der Waals surface area contributed by atoms with Crippen LogP contribution in [0.3, 0.4) is 0 Å². The van der Waals surface area contributed by atoms with Crippen molar-refractivity contribution in [3.8, 4) is 0 Å². The minimum absolute atomic E-state index is 0.122. The molecular formula is C16H21NO3S. The van der Waals surface area contributed by atoms with Gasteiger partial charge in [0, 0.05) is 30.2 Å². The maximum Gasteiger partial charge on any atom is 0.310 e. The Kier molecular flexibility index (Phi) is 5.67. The van der Waals surface area contributed by atoms with E-state index in [1.54, 1.807) is 16.7 Å². The highest BCUT2D eigenvalue weighted by molar-refractivity contribution is 7.99. The second-order valence-electron chi connectivity index (χ2n) is 5.32. The fraction of sp³-hybridized carbons (Fsp3) is 0.500. The van der Waals surface area contributed by atoms with Crippen molar-refractivity contribution in [2.24, 2.45) is 11.8 Å². The third-order valence-corrected chi connectivity index (χ3v) is 4.81. The molecule has 4 nitrogen and oxygen atoms in total. The van der Waals surface area contributed by atoms with Crippen molar-refractivity contribution in [3.63, 3.8) is 0 Å². The van der Waals surface area contributed by atoms with Crippen LogP contribution in [0.15, 0.2) is 35.2 Å². The highest BCUT2D eigenvalue weighted by atomic mass is 32.2. The van der Waals surface area contributed by atoms with Crippen LogP contribution in [0.25, 0.3) is 0 Å². The Morgan fingerprint density at radius 3 is 2.67 bits per heavy atom. The van der Waals surface area contributed by atoms with E-state index in [1.807, 2.05) is 37.3 Å². The summed E-state index contributed by atoms with van der Waals surface area (Å²) >= 11 is 1.68. The van der Waals surface area contributed by atoms with Gasteiger partial charge in [0.15, 0.2) is 0 Å². The SMILES string of the molecule is COC(=O)C1CN(C(=O)CCSc2ccccc2)CC1C. The smallest absolute Gasteiger partial charge is 0.310 e. The number of thioether (sulfide) groups is 1. The molecule has 5 heteroatoms. The zero-order chi connectivity index (χ0) is 15.2. The maximum atomic E-state index is 12.2. The quantitative estimate of drug-likeness (QED) is 0.619. The van der Waals surface area contributed by atoms with Gasteiger partial charge < -0.3 is 9.64 Å². The fourth-order valence-electron chi connectivity index (χ4n) is 2.56. The number of hydrogen-bond donors (Lipinski definition) is 0. The molecule has 1 fully saturated rings. The summed E-state index contributed by atoms with van der Waals surface area (Å²) in [5.41, 5.74) is 0. The average molecular weight is 307 g/mol. The van der Waals surface area contributed by atoms with Crippen LogP contribution in [-0.2, 0) is 14.3 Å². The van der Waals surface area contributed by atoms with Crippen molar-refractivity contribution in [1.29, 1.82) is 0 Å². The number of hydrogen-bond acceptors (Lipinski definition) is 4. The predicted octanol–water partition coefficient (Wildman–Crippen LogP) is 2.44. The van der Waals surface area contributed by atoms with Gasteiger partial charge in [-0.15, -0.1) is 11.8 Å². The van der Waals surface area contributed by atoms with Gasteiger partial charge in [0.25, 0.3) is 0 Å². The van der Waals surface area contributed by atoms with Gasteiger partial charge in [-0.2, -0.15) is 0 Å². The molecule has 1 aliphatic rings. The molecule has 2 atom stereocenters. The molecule has 2 rings (SSSR count). The summed E-state index contributed by atoms with van der Waals surface area (Å²) < 4.78 is 4.79. The molecule has 0 saturated carbocycles. The second-order valence-corrected chi connectivity index (χ2v) is 6.49. The number of nitrogens with zero attached hydrogens (tertiary/aromatic N) is 1. The van der Waals surface area contributed by atoms with Crippen molar-refractivity contribution >= 4 is 23.6 Å². The fourth-order valence-corrected chi connectivity index (χ4v) is 3.42. The highest BCUT2D eigenvalue weighted by Crippen LogP contribution is 2.25. The Morgan fingerprint density at radius 1 is 1.29 bits per heavy atom. The number of methoxy groups -OCH3 is 1. The van der Waals surface area contributed by atoms with Crippen molar-refractivity contribution in [2.45, 2.75) is 18.2 Å². The minimum atomic E-state index is -0.212. The van der Waals surface area contributed by atoms with E-state index in [1.165, 1.54) is 12.0 Å². The van der Waals surface area contributed by atoms with Gasteiger partial charge in [0.2, 0.25) is 5.91 Å². The van der Waals surface area contributed by atoms with Gasteiger partial charge in [-0.3, -0.25) is 9.59 Å². The third kappa shape index (κ3) is 4.24. The summed E-state index contributed by atoms with van der Waals surface area (Å²) in [5.74, 6) is 0.661. The first-order valence-electron chi connectivity index (χ1n) is 7.15. The summed E-state index contributed by atoms with van der Waals surface area (Å²) in [6, 6.07) is 10.1. The van der Waals surface area contributed by atoms with E-state index in [-0.39, 0.29) is 23.7 Å². The second kappa shape index (κ2) is 7.50. The summed E-state index contributed by atoms with van der Waals surface area (Å²) in [6.45, 7) is 3.13. The van der Waals surface area contributed by atoms with E-state index >= 15 is 0 Å². The summed E-state index contributed by atoms with van der Waals surface area (Å²) in [7, 11) is 1.40. The molecule has 1 saturated heterocycles. The number of rotatable bonds is 5. The number of carbonyl (C=O) groups is 2. The van der Waals surface area contributed by atoms with E-state index in [2.05, 4.69) is 0 Å². The summed E-state index contributed by atoms with van der Waals surface area (Å²) in [5, 5.41) is 0. The molecule has 0 radical (unpaired) electrons. The Labute approximate surface area is 129 Å². The number of ether oxygens (including phenoxy) is 1. The molecule has 114 valence electrons. The van der Waals surface area contributed by atoms with Gasteiger partial charge in [-0.05, 0) is 18.1 Å². The minimum Gasteiger partial charge on any atom is -0.469 e. The van der Waals surface area contributed by atoms with Crippen molar-refractivity contribution in [1.82, 2.24) is 4.90 Å². The Morgan fingerprint density at radius 2 is 2.00 bits per heavy atom. The molecule has 1 heterocycles. The van der Waals surface area contributed by atoms with E-state index in [0.717, 1.165) is 5.75 Å². The molecule has 0 aromatic heterocycles. The molecule has 0 bridgehead atoms. The number of amides is 1. The largest absolute Gasteiger partial charge is 0.469 e. The van der Waals surface area contributed by atoms with Gasteiger partial charge >= 0.3 is 5.97 Å². The van der Waals surface area contributed by atoms with Crippen LogP contribution in [0, 0.1) is 11.8 Å². The van der Waals surface area contributed by atoms with E-state index in [4.69, 9.17) is 4.74 Å². The van der Waals surface area contributed by atoms with Gasteiger partial charge in [0.1, 0.15) is 0 Å². The van der Waals surface area contributed by atoms with Crippen LogP contribution in [0.2, 0.25) is 0 Å². The van der Waals surface area contributed by atoms with Crippen LogP contribution < -0.4 is 0 Å². The molecule has 21 heavy (non-hydrogen) atoms. The van der Waals surface area contributed by atoms with Crippen LogP contribution in [0.4, 0.5) is 0 Å². The van der Waals surface area contributed by atoms with Gasteiger partial charge in [0.05, 0.1) is 13.0 Å². The number of esters is 1. The maximum absolute atomic E-state index is 12.2. The number of likely N-dealkylation sites (tertiary alicyclic amines) is 1. The first-order chi connectivity index (χ1) is 10.1. The summed E-state index contributed by atoms with van der Waals surface area (Å²) in [6.07, 6.45) is 0.500. The lowest BCUT2D eigenvalue weighted by Crippen LogP contribution is -2.30. The van der Waals surface area contributed by atoms with Crippen molar-refractivity contribution < 1.29 is 14.3 Å². The van der Waals surface area contributed by atoms with Gasteiger partial charge in [-0.1, -0.05) is 25.1 Å². The Bertz CT molecular complexity index is 492. The van der Waals surface area contributed by atoms with Gasteiger partial charge in [-0.25, -0.2) is 0 Å².